The molecule has 3 aliphatic rings. The highest BCUT2D eigenvalue weighted by atomic mass is 16.7. The molecule has 346 valence electrons. The Balaban J connectivity index is 1.42. The third kappa shape index (κ3) is 15.6. The van der Waals surface area contributed by atoms with Crippen molar-refractivity contribution < 1.29 is 98.4 Å². The molecule has 25 heteroatoms. The van der Waals surface area contributed by atoms with Gasteiger partial charge in [-0.25, -0.2) is 0 Å². The minimum atomic E-state index is -1.86. The van der Waals surface area contributed by atoms with Gasteiger partial charge in [0.05, 0.1) is 45.2 Å². The van der Waals surface area contributed by atoms with Crippen LogP contribution in [-0.2, 0) is 52.4 Å². The van der Waals surface area contributed by atoms with Crippen LogP contribution in [0.1, 0.15) is 45.4 Å². The Hall–Kier alpha value is -3.25. The Morgan fingerprint density at radius 3 is 1.87 bits per heavy atom. The fourth-order valence-corrected chi connectivity index (χ4v) is 6.29. The molecule has 14 N–H and O–H groups in total. The molecule has 15 atom stereocenters. The summed E-state index contributed by atoms with van der Waals surface area (Å²) < 4.78 is 32.6. The van der Waals surface area contributed by atoms with E-state index in [4.69, 9.17) is 28.4 Å². The van der Waals surface area contributed by atoms with E-state index in [0.717, 1.165) is 0 Å². The minimum Gasteiger partial charge on any atom is -0.394 e. The molecule has 60 heavy (non-hydrogen) atoms. The van der Waals surface area contributed by atoms with Crippen LogP contribution in [0, 0.1) is 0 Å². The van der Waals surface area contributed by atoms with E-state index in [1.54, 1.807) is 6.92 Å². The van der Waals surface area contributed by atoms with Crippen molar-refractivity contribution in [3.8, 4) is 0 Å². The van der Waals surface area contributed by atoms with Crippen molar-refractivity contribution >= 4 is 29.5 Å². The summed E-state index contributed by atoms with van der Waals surface area (Å²) in [5, 5.41) is 103. The summed E-state index contributed by atoms with van der Waals surface area (Å²) in [6.07, 6.45) is -20.3. The monoisotopic (exact) mass is 871 g/mol. The summed E-state index contributed by atoms with van der Waals surface area (Å²) in [6.45, 7) is -0.664. The van der Waals surface area contributed by atoms with Gasteiger partial charge in [-0.1, -0.05) is 0 Å². The first kappa shape index (κ1) is 51.1. The second kappa shape index (κ2) is 25.6. The van der Waals surface area contributed by atoms with Crippen LogP contribution < -0.4 is 26.6 Å². The number of hydrogen-bond donors (Lipinski definition) is 14. The summed E-state index contributed by atoms with van der Waals surface area (Å²) in [7, 11) is 1.36. The van der Waals surface area contributed by atoms with Crippen LogP contribution in [0.3, 0.4) is 0 Å². The number of aliphatic hydroxyl groups is 9. The number of likely N-dealkylation sites (N-methyl/N-ethyl adjacent to an activating group) is 1. The predicted octanol–water partition coefficient (Wildman–Crippen LogP) is -7.97. The SMILES string of the molecule is CNC(=O)CNC(=O)C(CCC(=O)NCCOC1OC(CO)C(O)C(OC2OC(CO)C(O)C(O)C2O)C1O)NC(=O)CCCC(=O)NCCOC1OC(C)C(O)CC1O. The van der Waals surface area contributed by atoms with E-state index in [-0.39, 0.29) is 64.8 Å². The zero-order valence-electron chi connectivity index (χ0n) is 33.4. The molecule has 0 aromatic rings. The van der Waals surface area contributed by atoms with Crippen LogP contribution in [0.15, 0.2) is 0 Å². The number of hydrogen-bond acceptors (Lipinski definition) is 20. The molecular weight excluding hydrogens is 810 g/mol. The molecule has 15 unspecified atom stereocenters. The average molecular weight is 872 g/mol. The second-order valence-electron chi connectivity index (χ2n) is 14.4. The first-order chi connectivity index (χ1) is 28.5. The molecule has 5 amide bonds. The van der Waals surface area contributed by atoms with Crippen molar-refractivity contribution in [1.82, 2.24) is 26.6 Å². The maximum absolute atomic E-state index is 12.9. The lowest BCUT2D eigenvalue weighted by Crippen LogP contribution is -2.64. The van der Waals surface area contributed by atoms with Gasteiger partial charge in [0.15, 0.2) is 18.9 Å². The standard InChI is InChI=1S/C35H61N5O20/c1-16-18(43)12-19(44)33(57-16)55-10-8-37-22(45)4-3-5-24(47)40-17(32(54)39-13-25(48)36-2)6-7-23(46)38-9-11-56-34-30(53)31(27(50)21(15-42)58-34)60-35-29(52)28(51)26(49)20(14-41)59-35/h16-21,26-31,33-35,41-44,49-53H,3-15H2,1-2H3,(H,36,48)(H,37,45)(H,38,46)(H,39,54)(H,40,47). The fraction of sp³-hybridized carbons (Fsp3) is 0.857. The van der Waals surface area contributed by atoms with E-state index in [9.17, 15) is 69.9 Å². The third-order valence-electron chi connectivity index (χ3n) is 9.88. The molecule has 0 radical (unpaired) electrons. The number of aliphatic hydroxyl groups excluding tert-OH is 9. The minimum absolute atomic E-state index is 0.0192. The molecular formula is C35H61N5O20. The molecule has 0 bridgehead atoms. The first-order valence-corrected chi connectivity index (χ1v) is 19.6. The smallest absolute Gasteiger partial charge is 0.243 e. The largest absolute Gasteiger partial charge is 0.394 e. The summed E-state index contributed by atoms with van der Waals surface area (Å²) in [4.78, 5) is 62.3. The molecule has 3 rings (SSSR count). The van der Waals surface area contributed by atoms with Crippen LogP contribution in [0.5, 0.6) is 0 Å². The van der Waals surface area contributed by atoms with E-state index in [2.05, 4.69) is 26.6 Å². The van der Waals surface area contributed by atoms with E-state index in [1.807, 2.05) is 0 Å². The maximum atomic E-state index is 12.9. The summed E-state index contributed by atoms with van der Waals surface area (Å²) in [6, 6.07) is -1.25. The number of carbonyl (C=O) groups is 5. The summed E-state index contributed by atoms with van der Waals surface area (Å²) in [5.41, 5.74) is 0. The van der Waals surface area contributed by atoms with Gasteiger partial charge >= 0.3 is 0 Å². The topological polar surface area (TPSA) is 383 Å². The Morgan fingerprint density at radius 1 is 0.650 bits per heavy atom. The molecule has 0 aromatic heterocycles. The normalized spacial score (nSPS) is 33.6. The number of ether oxygens (including phenoxy) is 6. The van der Waals surface area contributed by atoms with Crippen LogP contribution in [-0.4, -0.2) is 221 Å². The number of rotatable bonds is 23. The highest BCUT2D eigenvalue weighted by molar-refractivity contribution is 5.91. The van der Waals surface area contributed by atoms with Gasteiger partial charge in [-0.15, -0.1) is 0 Å². The molecule has 0 saturated carbocycles. The lowest BCUT2D eigenvalue weighted by molar-refractivity contribution is -0.360. The lowest BCUT2D eigenvalue weighted by Gasteiger charge is -2.45. The van der Waals surface area contributed by atoms with E-state index in [0.29, 0.717) is 0 Å². The highest BCUT2D eigenvalue weighted by Gasteiger charge is 2.51. The van der Waals surface area contributed by atoms with Crippen molar-refractivity contribution in [2.45, 2.75) is 138 Å². The first-order valence-electron chi connectivity index (χ1n) is 19.6. The second-order valence-corrected chi connectivity index (χ2v) is 14.4. The molecule has 3 heterocycles. The quantitative estimate of drug-likeness (QED) is 0.0424. The molecule has 3 fully saturated rings. The fourth-order valence-electron chi connectivity index (χ4n) is 6.29. The van der Waals surface area contributed by atoms with Crippen LogP contribution in [0.4, 0.5) is 0 Å². The molecule has 25 nitrogen and oxygen atoms in total. The number of amides is 5. The Morgan fingerprint density at radius 2 is 1.23 bits per heavy atom. The Bertz CT molecular complexity index is 1370. The molecule has 0 aliphatic carbocycles. The van der Waals surface area contributed by atoms with Crippen molar-refractivity contribution in [2.75, 3.05) is 53.1 Å². The average Bonchev–Trinajstić information content (AvgIpc) is 3.22. The maximum Gasteiger partial charge on any atom is 0.243 e. The van der Waals surface area contributed by atoms with Gasteiger partial charge in [0, 0.05) is 45.8 Å². The number of nitrogens with one attached hydrogen (secondary N) is 5. The van der Waals surface area contributed by atoms with Gasteiger partial charge in [-0.2, -0.15) is 0 Å². The van der Waals surface area contributed by atoms with Gasteiger partial charge in [-0.3, -0.25) is 24.0 Å². The molecule has 0 spiro atoms. The number of carbonyl (C=O) groups excluding carboxylic acids is 5. The van der Waals surface area contributed by atoms with Crippen molar-refractivity contribution in [3.63, 3.8) is 0 Å². The predicted molar refractivity (Wildman–Crippen MR) is 197 cm³/mol. The van der Waals surface area contributed by atoms with E-state index in [1.165, 1.54) is 7.05 Å². The Labute approximate surface area is 345 Å². The van der Waals surface area contributed by atoms with Gasteiger partial charge in [0.2, 0.25) is 29.5 Å². The van der Waals surface area contributed by atoms with Gasteiger partial charge in [-0.05, 0) is 19.8 Å². The van der Waals surface area contributed by atoms with Crippen LogP contribution >= 0.6 is 0 Å². The summed E-state index contributed by atoms with van der Waals surface area (Å²) >= 11 is 0. The van der Waals surface area contributed by atoms with Crippen molar-refractivity contribution in [2.24, 2.45) is 0 Å². The van der Waals surface area contributed by atoms with Gasteiger partial charge in [0.1, 0.15) is 61.0 Å². The summed E-state index contributed by atoms with van der Waals surface area (Å²) in [5.74, 6) is -2.85. The van der Waals surface area contributed by atoms with Gasteiger partial charge in [0.25, 0.3) is 0 Å². The molecule has 3 aliphatic heterocycles. The highest BCUT2D eigenvalue weighted by Crippen LogP contribution is 2.29. The van der Waals surface area contributed by atoms with E-state index >= 15 is 0 Å². The zero-order valence-corrected chi connectivity index (χ0v) is 33.4. The van der Waals surface area contributed by atoms with Gasteiger partial charge < -0.3 is 101 Å². The Kier molecular flexibility index (Phi) is 21.8. The molecule has 3 saturated heterocycles. The zero-order chi connectivity index (χ0) is 44.5. The van der Waals surface area contributed by atoms with Crippen LogP contribution in [0.25, 0.3) is 0 Å². The van der Waals surface area contributed by atoms with Crippen molar-refractivity contribution in [1.29, 1.82) is 0 Å². The van der Waals surface area contributed by atoms with E-state index < -0.39 is 141 Å². The lowest BCUT2D eigenvalue weighted by atomic mass is 9.97. The molecule has 0 aromatic carbocycles. The van der Waals surface area contributed by atoms with Crippen LogP contribution in [0.2, 0.25) is 0 Å². The van der Waals surface area contributed by atoms with Crippen molar-refractivity contribution in [3.05, 3.63) is 0 Å². The third-order valence-corrected chi connectivity index (χ3v) is 9.88.